The SMILES string of the molecule is CC=C1NC(=O)[C@H](CO)NC(=O)[C@@H]([C@@H](C)CC)NC(=O)[C@@H]2CCCN2C(=O)[C@@H]2CC[C@@H](N2)C(=O)CNC(=O)[C@@H](CCC(N)=O)NC(=O)[C@@H](O)[C@H](C[C@H](O)C[C@H](O)[C@H](O)CC(C)C)NC(=O)[C@@H]2CCCN2C(=O)[C@@H](CCc2ccccc2)NC(=O)[C@H]([C@@H](C)O)NC1=O. The highest BCUT2D eigenvalue weighted by atomic mass is 16.3. The van der Waals surface area contributed by atoms with Crippen molar-refractivity contribution < 1.29 is 88.2 Å². The molecular weight excluding hydrogens is 1190 g/mol. The first-order valence-corrected chi connectivity index (χ1v) is 31.4. The number of nitrogens with zero attached hydrogens (tertiary/aromatic N) is 2. The van der Waals surface area contributed by atoms with Crippen LogP contribution in [0, 0.1) is 11.8 Å². The highest BCUT2D eigenvalue weighted by Gasteiger charge is 2.45. The van der Waals surface area contributed by atoms with E-state index in [2.05, 4.69) is 47.9 Å². The lowest BCUT2D eigenvalue weighted by Gasteiger charge is -2.32. The molecule has 91 heavy (non-hydrogen) atoms. The van der Waals surface area contributed by atoms with Gasteiger partial charge in [0, 0.05) is 25.9 Å². The Labute approximate surface area is 528 Å². The maximum Gasteiger partial charge on any atom is 0.268 e. The summed E-state index contributed by atoms with van der Waals surface area (Å²) in [5.41, 5.74) is 5.66. The van der Waals surface area contributed by atoms with Crippen LogP contribution in [0.1, 0.15) is 131 Å². The standard InChI is InChI=1S/C61H94N12O18/c1-7-32(5)49-57(87)69-42(30-74)54(84)65-36(8-2)53(83)71-50(33(6)75)58(88)67-40(19-18-34-14-10-9-11-15-34)61(91)72-24-12-16-43(72)55(85)68-41(27-35(76)28-46(78)45(77)26-31(3)4)51(81)59(89)66-38(22-23-48(62)80)52(82)63-29-47(79)37-20-21-39(64-37)60(90)73-25-13-17-44(73)56(86)70-49/h8-11,14-15,31-33,35,37-46,49-51,64,74-78,81H,7,12-13,16-30H2,1-6H3,(H2,62,80)(H,63,82)(H,65,84)(H,66,89)(H,67,88)(H,68,85)(H,69,87)(H,70,86)(H,71,83)/t32-,33+,35-,37+,38+,39-,40+,41-,42-,43-,44-,45+,46-,49+,50-,51-/m0/s1. The molecule has 0 unspecified atom stereocenters. The van der Waals surface area contributed by atoms with Crippen molar-refractivity contribution in [2.75, 3.05) is 26.2 Å². The van der Waals surface area contributed by atoms with E-state index in [1.165, 1.54) is 18.7 Å². The number of hydrogen-bond donors (Lipinski definition) is 16. The number of rotatable bonds is 17. The average Bonchev–Trinajstić information content (AvgIpc) is 2.22. The largest absolute Gasteiger partial charge is 0.394 e. The minimum atomic E-state index is -2.32. The number of aliphatic hydroxyl groups excluding tert-OH is 6. The van der Waals surface area contributed by atoms with Gasteiger partial charge in [0.1, 0.15) is 48.0 Å². The monoisotopic (exact) mass is 1280 g/mol. The van der Waals surface area contributed by atoms with E-state index >= 15 is 0 Å². The van der Waals surface area contributed by atoms with Crippen LogP contribution in [-0.2, 0) is 64.0 Å². The fourth-order valence-electron chi connectivity index (χ4n) is 11.6. The molecule has 16 atom stereocenters. The summed E-state index contributed by atoms with van der Waals surface area (Å²) in [5, 5.41) is 88.8. The summed E-state index contributed by atoms with van der Waals surface area (Å²) in [7, 11) is 0. The lowest BCUT2D eigenvalue weighted by atomic mass is 9.94. The minimum Gasteiger partial charge on any atom is -0.394 e. The molecule has 0 aliphatic carbocycles. The molecule has 11 amide bonds. The van der Waals surface area contributed by atoms with E-state index in [1.54, 1.807) is 58.0 Å². The summed E-state index contributed by atoms with van der Waals surface area (Å²) >= 11 is 0. The number of nitrogens with two attached hydrogens (primary N) is 1. The van der Waals surface area contributed by atoms with Crippen LogP contribution in [0.3, 0.4) is 0 Å². The quantitative estimate of drug-likeness (QED) is 0.0652. The van der Waals surface area contributed by atoms with Crippen molar-refractivity contribution in [2.24, 2.45) is 17.6 Å². The Morgan fingerprint density at radius 2 is 1.24 bits per heavy atom. The van der Waals surface area contributed by atoms with E-state index in [0.29, 0.717) is 12.8 Å². The molecule has 1 aromatic rings. The number of primary amides is 1. The Kier molecular flexibility index (Phi) is 28.9. The Balaban J connectivity index is 1.52. The third-order valence-corrected chi connectivity index (χ3v) is 17.1. The molecule has 5 rings (SSSR count). The molecule has 30 heteroatoms. The van der Waals surface area contributed by atoms with E-state index in [9.17, 15) is 88.2 Å². The molecule has 4 heterocycles. The highest BCUT2D eigenvalue weighted by molar-refractivity contribution is 6.03. The number of aryl methyl sites for hydroxylation is 1. The zero-order chi connectivity index (χ0) is 67.4. The molecule has 2 bridgehead atoms. The van der Waals surface area contributed by atoms with Gasteiger partial charge in [0.2, 0.25) is 53.2 Å². The molecule has 30 nitrogen and oxygen atoms in total. The van der Waals surface area contributed by atoms with Crippen molar-refractivity contribution in [3.8, 4) is 0 Å². The average molecular weight is 1280 g/mol. The number of carbonyl (C=O) groups excluding carboxylic acids is 12. The second-order valence-electron chi connectivity index (χ2n) is 24.5. The highest BCUT2D eigenvalue weighted by Crippen LogP contribution is 2.25. The van der Waals surface area contributed by atoms with Crippen LogP contribution in [-0.4, -0.2) is 228 Å². The normalized spacial score (nSPS) is 29.2. The maximum absolute atomic E-state index is 14.9. The number of fused-ring (bicyclic) bond motifs is 4. The van der Waals surface area contributed by atoms with Crippen molar-refractivity contribution in [1.29, 1.82) is 0 Å². The summed E-state index contributed by atoms with van der Waals surface area (Å²) in [5.74, 6) is -11.7. The van der Waals surface area contributed by atoms with E-state index in [1.807, 2.05) is 0 Å². The molecule has 4 aliphatic heterocycles. The summed E-state index contributed by atoms with van der Waals surface area (Å²) < 4.78 is 0. The maximum atomic E-state index is 14.9. The predicted molar refractivity (Wildman–Crippen MR) is 325 cm³/mol. The van der Waals surface area contributed by atoms with E-state index < -0.39 is 212 Å². The van der Waals surface area contributed by atoms with Gasteiger partial charge in [-0.25, -0.2) is 0 Å². The van der Waals surface area contributed by atoms with Crippen molar-refractivity contribution in [3.63, 3.8) is 0 Å². The van der Waals surface area contributed by atoms with E-state index in [0.717, 1.165) is 16.5 Å². The number of allylic oxidation sites excluding steroid dienone is 1. The van der Waals surface area contributed by atoms with E-state index in [-0.39, 0.29) is 70.4 Å². The molecule has 1 aromatic carbocycles. The Hall–Kier alpha value is -7.48. The van der Waals surface area contributed by atoms with Gasteiger partial charge in [-0.2, -0.15) is 0 Å². The van der Waals surface area contributed by atoms with Gasteiger partial charge in [-0.05, 0) is 102 Å². The van der Waals surface area contributed by atoms with Crippen molar-refractivity contribution >= 4 is 70.8 Å². The molecule has 4 fully saturated rings. The second-order valence-corrected chi connectivity index (χ2v) is 24.5. The summed E-state index contributed by atoms with van der Waals surface area (Å²) in [6.45, 7) is 7.90. The third kappa shape index (κ3) is 21.3. The van der Waals surface area contributed by atoms with Crippen LogP contribution in [0.2, 0.25) is 0 Å². The van der Waals surface area contributed by atoms with Crippen LogP contribution >= 0.6 is 0 Å². The fraction of sp³-hybridized carbons (Fsp3) is 0.672. The number of ketones is 1. The van der Waals surface area contributed by atoms with Gasteiger partial charge < -0.3 is 88.7 Å². The minimum absolute atomic E-state index is 0.00500. The number of carbonyl (C=O) groups is 12. The molecule has 0 aromatic heterocycles. The zero-order valence-corrected chi connectivity index (χ0v) is 52.6. The van der Waals surface area contributed by atoms with Crippen LogP contribution in [0.4, 0.5) is 0 Å². The number of hydrogen-bond acceptors (Lipinski definition) is 19. The van der Waals surface area contributed by atoms with Crippen LogP contribution in [0.25, 0.3) is 0 Å². The van der Waals surface area contributed by atoms with Gasteiger partial charge in [0.05, 0.1) is 55.7 Å². The van der Waals surface area contributed by atoms with E-state index in [4.69, 9.17) is 5.73 Å². The lowest BCUT2D eigenvalue weighted by Crippen LogP contribution is -2.61. The summed E-state index contributed by atoms with van der Waals surface area (Å²) in [4.78, 5) is 170. The Bertz CT molecular complexity index is 2770. The number of nitrogens with one attached hydrogen (secondary N) is 9. The van der Waals surface area contributed by atoms with Crippen LogP contribution in [0.15, 0.2) is 42.1 Å². The first kappa shape index (κ1) is 74.2. The number of aliphatic hydroxyl groups is 6. The number of benzene rings is 1. The van der Waals surface area contributed by atoms with Crippen LogP contribution in [0.5, 0.6) is 0 Å². The Morgan fingerprint density at radius 1 is 0.659 bits per heavy atom. The van der Waals surface area contributed by atoms with Crippen LogP contribution < -0.4 is 53.6 Å². The first-order chi connectivity index (χ1) is 43.1. The topological polar surface area (TPSA) is 467 Å². The fourth-order valence-corrected chi connectivity index (χ4v) is 11.6. The van der Waals surface area contributed by atoms with Gasteiger partial charge in [-0.15, -0.1) is 0 Å². The molecule has 0 spiro atoms. The van der Waals surface area contributed by atoms with Gasteiger partial charge in [-0.3, -0.25) is 62.9 Å². The van der Waals surface area contributed by atoms with Gasteiger partial charge in [-0.1, -0.05) is 70.5 Å². The van der Waals surface area contributed by atoms with Crippen molar-refractivity contribution in [3.05, 3.63) is 47.7 Å². The molecular formula is C61H94N12O18. The van der Waals surface area contributed by atoms with Gasteiger partial charge >= 0.3 is 0 Å². The molecule has 506 valence electrons. The summed E-state index contributed by atoms with van der Waals surface area (Å²) in [6.07, 6.45) is -7.84. The smallest absolute Gasteiger partial charge is 0.268 e. The third-order valence-electron chi connectivity index (χ3n) is 17.1. The number of Topliss-reactive ketones (excluding diaryl/α,β-unsaturated/α-hetero) is 1. The van der Waals surface area contributed by atoms with Crippen molar-refractivity contribution in [2.45, 2.75) is 222 Å². The zero-order valence-electron chi connectivity index (χ0n) is 52.6. The first-order valence-electron chi connectivity index (χ1n) is 31.4. The molecule has 0 saturated carbocycles. The molecule has 4 saturated heterocycles. The van der Waals surface area contributed by atoms with Gasteiger partial charge in [0.15, 0.2) is 11.9 Å². The molecule has 17 N–H and O–H groups in total. The molecule has 4 aliphatic rings. The molecule has 0 radical (unpaired) electrons. The van der Waals surface area contributed by atoms with Crippen molar-refractivity contribution in [1.82, 2.24) is 57.7 Å². The van der Waals surface area contributed by atoms with Gasteiger partial charge in [0.25, 0.3) is 11.8 Å². The second kappa shape index (κ2) is 35.4. The Morgan fingerprint density at radius 3 is 1.84 bits per heavy atom. The lowest BCUT2D eigenvalue weighted by molar-refractivity contribution is -0.143. The predicted octanol–water partition coefficient (Wildman–Crippen LogP) is -4.70. The summed E-state index contributed by atoms with van der Waals surface area (Å²) in [6, 6.07) is -5.37. The number of amides is 11.